The van der Waals surface area contributed by atoms with E-state index in [1.165, 1.54) is 43.5 Å². The molecule has 0 N–H and O–H groups in total. The number of hydrogen-bond donors (Lipinski definition) is 0. The molecule has 0 unspecified atom stereocenters. The fraction of sp³-hybridized carbons (Fsp3) is 0.0833. The van der Waals surface area contributed by atoms with Crippen molar-refractivity contribution in [2.75, 3.05) is 0 Å². The van der Waals surface area contributed by atoms with E-state index >= 15 is 0 Å². The van der Waals surface area contributed by atoms with E-state index in [1.807, 2.05) is 0 Å². The SMILES string of the molecule is Cc1ccc(P(Oc2ccc3ccccc3c2-c2c(OP(c3ccc(C)cc3)c3ccc(C)cc3)ccc3ccccc23)c2ccc(C)cc2)cc1. The summed E-state index contributed by atoms with van der Waals surface area (Å²) in [6.45, 7) is 8.52. The molecule has 0 saturated heterocycles. The highest BCUT2D eigenvalue weighted by molar-refractivity contribution is 7.69. The molecule has 0 spiro atoms. The topological polar surface area (TPSA) is 18.5 Å². The van der Waals surface area contributed by atoms with Crippen molar-refractivity contribution in [3.63, 3.8) is 0 Å². The lowest BCUT2D eigenvalue weighted by Gasteiger charge is -2.26. The predicted molar refractivity (Wildman–Crippen MR) is 225 cm³/mol. The number of aryl methyl sites for hydroxylation is 4. The predicted octanol–water partition coefficient (Wildman–Crippen LogP) is 11.7. The fourth-order valence-electron chi connectivity index (χ4n) is 6.60. The van der Waals surface area contributed by atoms with Crippen LogP contribution < -0.4 is 30.3 Å². The van der Waals surface area contributed by atoms with Crippen LogP contribution in [0.15, 0.2) is 170 Å². The molecule has 0 amide bonds. The average Bonchev–Trinajstić information content (AvgIpc) is 3.17. The van der Waals surface area contributed by atoms with Gasteiger partial charge in [0.1, 0.15) is 11.5 Å². The molecule has 0 aliphatic heterocycles. The van der Waals surface area contributed by atoms with E-state index in [9.17, 15) is 0 Å². The van der Waals surface area contributed by atoms with Crippen LogP contribution in [0.2, 0.25) is 0 Å². The first-order valence-electron chi connectivity index (χ1n) is 17.7. The van der Waals surface area contributed by atoms with Gasteiger partial charge in [-0.25, -0.2) is 0 Å². The van der Waals surface area contributed by atoms with Crippen molar-refractivity contribution in [3.05, 3.63) is 192 Å². The second-order valence-electron chi connectivity index (χ2n) is 13.4. The summed E-state index contributed by atoms with van der Waals surface area (Å²) < 4.78 is 14.8. The second-order valence-corrected chi connectivity index (χ2v) is 17.0. The van der Waals surface area contributed by atoms with Crippen LogP contribution >= 0.6 is 16.3 Å². The second kappa shape index (κ2) is 14.8. The van der Waals surface area contributed by atoms with E-state index in [1.54, 1.807) is 0 Å². The molecule has 8 aromatic rings. The van der Waals surface area contributed by atoms with Crippen LogP contribution in [0.4, 0.5) is 0 Å². The Bertz CT molecular complexity index is 2220. The first-order chi connectivity index (χ1) is 25.4. The van der Waals surface area contributed by atoms with Crippen molar-refractivity contribution >= 4 is 59.1 Å². The molecular formula is C48H40O2P2. The van der Waals surface area contributed by atoms with Crippen molar-refractivity contribution in [2.45, 2.75) is 27.7 Å². The van der Waals surface area contributed by atoms with Gasteiger partial charge in [0.2, 0.25) is 0 Å². The molecule has 0 aliphatic rings. The van der Waals surface area contributed by atoms with Crippen LogP contribution in [0.25, 0.3) is 32.7 Å². The van der Waals surface area contributed by atoms with Crippen molar-refractivity contribution in [1.29, 1.82) is 0 Å². The van der Waals surface area contributed by atoms with Crippen LogP contribution in [0.5, 0.6) is 11.5 Å². The fourth-order valence-corrected chi connectivity index (χ4v) is 9.99. The van der Waals surface area contributed by atoms with Crippen molar-refractivity contribution in [1.82, 2.24) is 0 Å². The number of hydrogen-bond acceptors (Lipinski definition) is 2. The van der Waals surface area contributed by atoms with E-state index in [0.717, 1.165) is 44.2 Å². The zero-order chi connectivity index (χ0) is 35.6. The standard InChI is InChI=1S/C48H40O2P2/c1-33-13-23-39(24-14-33)51(40-25-15-34(2)16-26-40)49-45-31-21-37-9-5-7-11-43(37)47(45)48-44-12-8-6-10-38(44)22-32-46(48)50-52(41-27-17-35(3)18-28-41)42-29-19-36(4)20-30-42/h5-32H,1-4H3. The highest BCUT2D eigenvalue weighted by Gasteiger charge is 2.26. The molecule has 2 nitrogen and oxygen atoms in total. The zero-order valence-electron chi connectivity index (χ0n) is 29.9. The van der Waals surface area contributed by atoms with Crippen LogP contribution in [-0.2, 0) is 0 Å². The Morgan fingerprint density at radius 1 is 0.308 bits per heavy atom. The van der Waals surface area contributed by atoms with Gasteiger partial charge in [0.05, 0.1) is 0 Å². The maximum Gasteiger partial charge on any atom is 0.150 e. The highest BCUT2D eigenvalue weighted by Crippen LogP contribution is 2.51. The van der Waals surface area contributed by atoms with Crippen LogP contribution in [-0.4, -0.2) is 0 Å². The lowest BCUT2D eigenvalue weighted by atomic mass is 9.92. The molecule has 0 fully saturated rings. The Morgan fingerprint density at radius 3 is 0.904 bits per heavy atom. The Labute approximate surface area is 309 Å². The zero-order valence-corrected chi connectivity index (χ0v) is 31.7. The van der Waals surface area contributed by atoms with Crippen molar-refractivity contribution in [3.8, 4) is 22.6 Å². The van der Waals surface area contributed by atoms with E-state index in [4.69, 9.17) is 9.05 Å². The third-order valence-corrected chi connectivity index (χ3v) is 13.3. The average molecular weight is 711 g/mol. The molecule has 0 aliphatic carbocycles. The molecule has 0 bridgehead atoms. The molecule has 254 valence electrons. The number of fused-ring (bicyclic) bond motifs is 2. The van der Waals surface area contributed by atoms with Crippen molar-refractivity contribution < 1.29 is 9.05 Å². The molecule has 0 heterocycles. The third kappa shape index (κ3) is 6.98. The molecule has 52 heavy (non-hydrogen) atoms. The molecule has 8 rings (SSSR count). The van der Waals surface area contributed by atoms with Gasteiger partial charge in [0, 0.05) is 32.3 Å². The molecule has 0 saturated carbocycles. The summed E-state index contributed by atoms with van der Waals surface area (Å²) in [5.41, 5.74) is 6.99. The maximum atomic E-state index is 7.38. The minimum absolute atomic E-state index is 0.835. The smallest absolute Gasteiger partial charge is 0.150 e. The third-order valence-electron chi connectivity index (χ3n) is 9.48. The van der Waals surface area contributed by atoms with Crippen LogP contribution in [0, 0.1) is 27.7 Å². The summed E-state index contributed by atoms with van der Waals surface area (Å²) in [4.78, 5) is 0. The first-order valence-corrected chi connectivity index (χ1v) is 20.2. The minimum Gasteiger partial charge on any atom is -0.464 e. The molecular weight excluding hydrogens is 670 g/mol. The van der Waals surface area contributed by atoms with Gasteiger partial charge >= 0.3 is 0 Å². The summed E-state index contributed by atoms with van der Waals surface area (Å²) in [7, 11) is -2.40. The van der Waals surface area contributed by atoms with Gasteiger partial charge in [0.25, 0.3) is 0 Å². The Morgan fingerprint density at radius 2 is 0.596 bits per heavy atom. The molecule has 0 atom stereocenters. The van der Waals surface area contributed by atoms with E-state index < -0.39 is 16.3 Å². The Hall–Kier alpha value is -5.26. The summed E-state index contributed by atoms with van der Waals surface area (Å²) in [5, 5.41) is 9.22. The number of benzene rings is 8. The number of rotatable bonds is 9. The van der Waals surface area contributed by atoms with Gasteiger partial charge in [0.15, 0.2) is 16.3 Å². The summed E-state index contributed by atoms with van der Waals surface area (Å²) in [6.07, 6.45) is 0. The van der Waals surface area contributed by atoms with Gasteiger partial charge < -0.3 is 9.05 Å². The quantitative estimate of drug-likeness (QED) is 0.139. The lowest BCUT2D eigenvalue weighted by molar-refractivity contribution is 0.624. The minimum atomic E-state index is -1.20. The largest absolute Gasteiger partial charge is 0.464 e. The van der Waals surface area contributed by atoms with Crippen LogP contribution in [0.1, 0.15) is 22.3 Å². The van der Waals surface area contributed by atoms with Gasteiger partial charge in [-0.1, -0.05) is 180 Å². The van der Waals surface area contributed by atoms with E-state index in [-0.39, 0.29) is 0 Å². The van der Waals surface area contributed by atoms with Gasteiger partial charge in [-0.3, -0.25) is 0 Å². The molecule has 0 radical (unpaired) electrons. The normalized spacial score (nSPS) is 11.4. The highest BCUT2D eigenvalue weighted by atomic mass is 31.1. The van der Waals surface area contributed by atoms with E-state index in [2.05, 4.69) is 198 Å². The molecule has 0 aromatic heterocycles. The lowest BCUT2D eigenvalue weighted by Crippen LogP contribution is -2.17. The van der Waals surface area contributed by atoms with E-state index in [0.29, 0.717) is 0 Å². The summed E-state index contributed by atoms with van der Waals surface area (Å²) in [6, 6.07) is 61.1. The first kappa shape index (κ1) is 33.9. The monoisotopic (exact) mass is 710 g/mol. The van der Waals surface area contributed by atoms with Crippen LogP contribution in [0.3, 0.4) is 0 Å². The Balaban J connectivity index is 1.36. The van der Waals surface area contributed by atoms with Gasteiger partial charge in [-0.2, -0.15) is 0 Å². The molecule has 8 aromatic carbocycles. The van der Waals surface area contributed by atoms with Gasteiger partial charge in [-0.15, -0.1) is 0 Å². The van der Waals surface area contributed by atoms with Crippen molar-refractivity contribution in [2.24, 2.45) is 0 Å². The van der Waals surface area contributed by atoms with Gasteiger partial charge in [-0.05, 0) is 61.4 Å². The maximum absolute atomic E-state index is 7.38. The summed E-state index contributed by atoms with van der Waals surface area (Å²) >= 11 is 0. The molecule has 4 heteroatoms. The summed E-state index contributed by atoms with van der Waals surface area (Å²) in [5.74, 6) is 1.67. The Kier molecular flexibility index (Phi) is 9.62.